The largest absolute Gasteiger partial charge is 0.394 e. The summed E-state index contributed by atoms with van der Waals surface area (Å²) in [7, 11) is 0. The van der Waals surface area contributed by atoms with Crippen molar-refractivity contribution in [3.63, 3.8) is 0 Å². The summed E-state index contributed by atoms with van der Waals surface area (Å²) in [5.41, 5.74) is 9.18. The summed E-state index contributed by atoms with van der Waals surface area (Å²) >= 11 is 0. The minimum Gasteiger partial charge on any atom is -0.394 e. The Labute approximate surface area is 136 Å². The van der Waals surface area contributed by atoms with E-state index in [1.54, 1.807) is 6.21 Å². The number of nitrogens with two attached hydrogens (primary N) is 1. The summed E-state index contributed by atoms with van der Waals surface area (Å²) in [6.07, 6.45) is -0.543. The summed E-state index contributed by atoms with van der Waals surface area (Å²) in [5, 5.41) is 33.2. The number of aromatic nitrogens is 4. The number of nitrogen functional groups attached to an aromatic ring is 1. The smallest absolute Gasteiger partial charge is 0.247 e. The molecule has 1 saturated heterocycles. The third kappa shape index (κ3) is 2.78. The zero-order valence-electron chi connectivity index (χ0n) is 12.9. The van der Waals surface area contributed by atoms with Crippen molar-refractivity contribution in [3.8, 4) is 0 Å². The molecule has 0 aromatic carbocycles. The van der Waals surface area contributed by atoms with E-state index in [0.717, 1.165) is 6.42 Å². The lowest BCUT2D eigenvalue weighted by atomic mass is 10.1. The molecule has 11 heteroatoms. The Kier molecular flexibility index (Phi) is 4.57. The molecule has 130 valence electrons. The highest BCUT2D eigenvalue weighted by molar-refractivity contribution is 5.83. The van der Waals surface area contributed by atoms with Gasteiger partial charge in [-0.2, -0.15) is 15.1 Å². The summed E-state index contributed by atoms with van der Waals surface area (Å²) < 4.78 is 6.92. The van der Waals surface area contributed by atoms with E-state index in [2.05, 4.69) is 25.5 Å². The molecule has 2 aromatic heterocycles. The van der Waals surface area contributed by atoms with E-state index in [-0.39, 0.29) is 11.8 Å². The molecule has 0 bridgehead atoms. The SMILES string of the molecule is CC/C=N/Nc1nc(N)c2ncn([C@@H]3O[C@H](CO)[C@H](O)C3O)c2n1. The van der Waals surface area contributed by atoms with Gasteiger partial charge >= 0.3 is 0 Å². The number of nitrogens with zero attached hydrogens (tertiary/aromatic N) is 5. The zero-order valence-corrected chi connectivity index (χ0v) is 12.9. The molecule has 3 rings (SSSR count). The normalized spacial score (nSPS) is 27.3. The number of ether oxygens (including phenoxy) is 1. The Bertz CT molecular complexity index is 749. The molecule has 1 aliphatic rings. The standard InChI is InChI=1S/C13H19N7O4/c1-2-3-16-19-13-17-10(14)7-11(18-13)20(5-15-7)12-9(23)8(22)6(4-21)24-12/h3,5-6,8-9,12,21-23H,2,4H2,1H3,(H3,14,17,18,19)/b16-3+/t6-,8+,9?,12-/m1/s1. The van der Waals surface area contributed by atoms with E-state index in [9.17, 15) is 15.3 Å². The van der Waals surface area contributed by atoms with E-state index in [0.29, 0.717) is 11.2 Å². The number of nitrogens with one attached hydrogen (secondary N) is 1. The number of fused-ring (bicyclic) bond motifs is 1. The molecule has 1 fully saturated rings. The number of aliphatic hydroxyl groups is 3. The van der Waals surface area contributed by atoms with Crippen molar-refractivity contribution in [1.29, 1.82) is 0 Å². The molecule has 1 aliphatic heterocycles. The number of aliphatic hydroxyl groups excluding tert-OH is 3. The Morgan fingerprint density at radius 3 is 2.88 bits per heavy atom. The first-order valence-electron chi connectivity index (χ1n) is 7.46. The van der Waals surface area contributed by atoms with Gasteiger partial charge in [0.05, 0.1) is 12.9 Å². The molecule has 4 atom stereocenters. The quantitative estimate of drug-likeness (QED) is 0.334. The second-order valence-electron chi connectivity index (χ2n) is 5.32. The predicted octanol–water partition coefficient (Wildman–Crippen LogP) is -1.17. The van der Waals surface area contributed by atoms with Gasteiger partial charge < -0.3 is 25.8 Å². The van der Waals surface area contributed by atoms with Gasteiger partial charge in [-0.15, -0.1) is 0 Å². The van der Waals surface area contributed by atoms with Crippen molar-refractivity contribution in [2.45, 2.75) is 37.9 Å². The molecule has 0 aliphatic carbocycles. The molecular formula is C13H19N7O4. The van der Waals surface area contributed by atoms with Crippen LogP contribution in [0.3, 0.4) is 0 Å². The molecule has 0 amide bonds. The maximum atomic E-state index is 10.2. The first-order chi connectivity index (χ1) is 11.6. The molecule has 11 nitrogen and oxygen atoms in total. The van der Waals surface area contributed by atoms with Gasteiger partial charge in [0.1, 0.15) is 23.8 Å². The van der Waals surface area contributed by atoms with Crippen LogP contribution >= 0.6 is 0 Å². The maximum absolute atomic E-state index is 10.2. The van der Waals surface area contributed by atoms with E-state index < -0.39 is 31.1 Å². The van der Waals surface area contributed by atoms with Crippen LogP contribution in [0.5, 0.6) is 0 Å². The fourth-order valence-corrected chi connectivity index (χ4v) is 2.48. The third-order valence-corrected chi connectivity index (χ3v) is 3.68. The number of imidazole rings is 1. The highest BCUT2D eigenvalue weighted by Crippen LogP contribution is 2.32. The van der Waals surface area contributed by atoms with Crippen molar-refractivity contribution < 1.29 is 20.1 Å². The van der Waals surface area contributed by atoms with Crippen molar-refractivity contribution in [1.82, 2.24) is 19.5 Å². The Balaban J connectivity index is 1.98. The van der Waals surface area contributed by atoms with Crippen LogP contribution in [0.25, 0.3) is 11.2 Å². The molecule has 3 heterocycles. The first kappa shape index (κ1) is 16.5. The van der Waals surface area contributed by atoms with Gasteiger partial charge in [-0.1, -0.05) is 6.92 Å². The number of anilines is 2. The lowest BCUT2D eigenvalue weighted by Gasteiger charge is -2.16. The summed E-state index contributed by atoms with van der Waals surface area (Å²) in [6.45, 7) is 1.51. The minimum atomic E-state index is -1.25. The molecule has 0 radical (unpaired) electrons. The second-order valence-corrected chi connectivity index (χ2v) is 5.32. The highest BCUT2D eigenvalue weighted by Gasteiger charge is 2.44. The zero-order chi connectivity index (χ0) is 17.3. The summed E-state index contributed by atoms with van der Waals surface area (Å²) in [4.78, 5) is 12.4. The fraction of sp³-hybridized carbons (Fsp3) is 0.538. The fourth-order valence-electron chi connectivity index (χ4n) is 2.48. The third-order valence-electron chi connectivity index (χ3n) is 3.68. The number of hydrazone groups is 1. The highest BCUT2D eigenvalue weighted by atomic mass is 16.6. The number of hydrogen-bond donors (Lipinski definition) is 5. The van der Waals surface area contributed by atoms with Crippen LogP contribution in [0.4, 0.5) is 11.8 Å². The molecular weight excluding hydrogens is 318 g/mol. The molecule has 24 heavy (non-hydrogen) atoms. The van der Waals surface area contributed by atoms with Crippen LogP contribution in [-0.2, 0) is 4.74 Å². The van der Waals surface area contributed by atoms with Crippen LogP contribution in [0, 0.1) is 0 Å². The average molecular weight is 337 g/mol. The Morgan fingerprint density at radius 2 is 2.21 bits per heavy atom. The van der Waals surface area contributed by atoms with Crippen LogP contribution in [0.15, 0.2) is 11.4 Å². The van der Waals surface area contributed by atoms with Gasteiger partial charge in [0.15, 0.2) is 17.7 Å². The first-order valence-corrected chi connectivity index (χ1v) is 7.46. The summed E-state index contributed by atoms with van der Waals surface area (Å²) in [6, 6.07) is 0. The number of rotatable bonds is 5. The van der Waals surface area contributed by atoms with Crippen LogP contribution in [-0.4, -0.2) is 66.0 Å². The van der Waals surface area contributed by atoms with Crippen molar-refractivity contribution in [2.24, 2.45) is 5.10 Å². The predicted molar refractivity (Wildman–Crippen MR) is 85.2 cm³/mol. The molecule has 6 N–H and O–H groups in total. The van der Waals surface area contributed by atoms with Gasteiger partial charge in [0, 0.05) is 6.21 Å². The van der Waals surface area contributed by atoms with Gasteiger partial charge in [0.25, 0.3) is 0 Å². The lowest BCUT2D eigenvalue weighted by molar-refractivity contribution is -0.0511. The monoisotopic (exact) mass is 337 g/mol. The van der Waals surface area contributed by atoms with Crippen LogP contribution < -0.4 is 11.2 Å². The van der Waals surface area contributed by atoms with Crippen LogP contribution in [0.1, 0.15) is 19.6 Å². The molecule has 0 saturated carbocycles. The van der Waals surface area contributed by atoms with E-state index in [4.69, 9.17) is 10.5 Å². The molecule has 0 spiro atoms. The van der Waals surface area contributed by atoms with Gasteiger partial charge in [-0.3, -0.25) is 4.57 Å². The Morgan fingerprint density at radius 1 is 1.42 bits per heavy atom. The minimum absolute atomic E-state index is 0.139. The molecule has 1 unspecified atom stereocenters. The van der Waals surface area contributed by atoms with Gasteiger partial charge in [0.2, 0.25) is 5.95 Å². The Hall–Kier alpha value is -2.34. The topological polar surface area (TPSA) is 164 Å². The number of hydrogen-bond acceptors (Lipinski definition) is 10. The van der Waals surface area contributed by atoms with Crippen molar-refractivity contribution in [3.05, 3.63) is 6.33 Å². The van der Waals surface area contributed by atoms with Gasteiger partial charge in [-0.05, 0) is 6.42 Å². The van der Waals surface area contributed by atoms with Gasteiger partial charge in [-0.25, -0.2) is 10.4 Å². The molecule has 2 aromatic rings. The second kappa shape index (κ2) is 6.65. The van der Waals surface area contributed by atoms with Crippen molar-refractivity contribution in [2.75, 3.05) is 17.8 Å². The van der Waals surface area contributed by atoms with Crippen LogP contribution in [0.2, 0.25) is 0 Å². The maximum Gasteiger partial charge on any atom is 0.247 e. The summed E-state index contributed by atoms with van der Waals surface area (Å²) in [5.74, 6) is 0.304. The lowest BCUT2D eigenvalue weighted by Crippen LogP contribution is -2.33. The van der Waals surface area contributed by atoms with Crippen molar-refractivity contribution >= 4 is 29.1 Å². The average Bonchev–Trinajstić information content (AvgIpc) is 3.10. The van der Waals surface area contributed by atoms with E-state index in [1.807, 2.05) is 6.92 Å². The van der Waals surface area contributed by atoms with E-state index >= 15 is 0 Å². The van der Waals surface area contributed by atoms with E-state index in [1.165, 1.54) is 10.9 Å².